The van der Waals surface area contributed by atoms with Crippen LogP contribution in [0.2, 0.25) is 0 Å². The molecule has 1 aliphatic rings. The number of carbonyl (C=O) groups is 1. The Bertz CT molecular complexity index is 998. The Hall–Kier alpha value is -3.41. The number of ether oxygens (including phenoxy) is 3. The van der Waals surface area contributed by atoms with Crippen LogP contribution in [0.25, 0.3) is 0 Å². The van der Waals surface area contributed by atoms with Gasteiger partial charge in [-0.05, 0) is 54.8 Å². The van der Waals surface area contributed by atoms with Gasteiger partial charge in [0.1, 0.15) is 18.1 Å². The third kappa shape index (κ3) is 4.13. The second-order valence-electron chi connectivity index (χ2n) is 7.14. The lowest BCUT2D eigenvalue weighted by Gasteiger charge is -2.25. The number of methoxy groups -OCH3 is 2. The zero-order chi connectivity index (χ0) is 20.9. The fraction of sp³-hybridized carbons (Fsp3) is 0.292. The number of rotatable bonds is 7. The molecule has 2 heterocycles. The van der Waals surface area contributed by atoms with Gasteiger partial charge in [-0.1, -0.05) is 24.3 Å². The minimum absolute atomic E-state index is 0.0218. The molecule has 2 aromatic carbocycles. The molecule has 0 saturated carbocycles. The summed E-state index contributed by atoms with van der Waals surface area (Å²) in [5, 5.41) is 0. The standard InChI is InChI=1S/C24H25NO5/c1-27-21-12-10-17(15-23(21)28-2)20-9-6-14-25(20)24(26)22-13-11-19(30-22)16-29-18-7-4-3-5-8-18/h3-5,7-8,10-13,15,20H,6,9,14,16H2,1-2H3. The average Bonchev–Trinajstić information content (AvgIpc) is 3.47. The molecule has 1 saturated heterocycles. The minimum atomic E-state index is -0.113. The number of amides is 1. The van der Waals surface area contributed by atoms with Crippen molar-refractivity contribution >= 4 is 5.91 Å². The number of nitrogens with zero attached hydrogens (tertiary/aromatic N) is 1. The number of hydrogen-bond donors (Lipinski definition) is 0. The van der Waals surface area contributed by atoms with E-state index >= 15 is 0 Å². The predicted molar refractivity (Wildman–Crippen MR) is 112 cm³/mol. The van der Waals surface area contributed by atoms with Crippen molar-refractivity contribution in [1.82, 2.24) is 4.90 Å². The first-order valence-electron chi connectivity index (χ1n) is 9.99. The highest BCUT2D eigenvalue weighted by molar-refractivity contribution is 5.92. The molecule has 1 aliphatic heterocycles. The SMILES string of the molecule is COc1ccc(C2CCCN2C(=O)c2ccc(COc3ccccc3)o2)cc1OC. The number of likely N-dealkylation sites (tertiary alicyclic amines) is 1. The molecule has 3 aromatic rings. The van der Waals surface area contributed by atoms with Gasteiger partial charge in [-0.2, -0.15) is 0 Å². The normalized spacial score (nSPS) is 15.8. The number of furan rings is 1. The fourth-order valence-corrected chi connectivity index (χ4v) is 3.80. The summed E-state index contributed by atoms with van der Waals surface area (Å²) in [7, 11) is 3.22. The molecule has 4 rings (SSSR count). The molecule has 6 nitrogen and oxygen atoms in total. The van der Waals surface area contributed by atoms with Crippen LogP contribution in [0, 0.1) is 0 Å². The Morgan fingerprint density at radius 2 is 1.83 bits per heavy atom. The van der Waals surface area contributed by atoms with Gasteiger partial charge >= 0.3 is 0 Å². The van der Waals surface area contributed by atoms with Gasteiger partial charge in [0.05, 0.1) is 20.3 Å². The van der Waals surface area contributed by atoms with Crippen LogP contribution in [0.3, 0.4) is 0 Å². The van der Waals surface area contributed by atoms with Gasteiger partial charge in [-0.15, -0.1) is 0 Å². The summed E-state index contributed by atoms with van der Waals surface area (Å²) in [5.74, 6) is 2.92. The lowest BCUT2D eigenvalue weighted by Crippen LogP contribution is -2.30. The molecule has 1 unspecified atom stereocenters. The molecule has 30 heavy (non-hydrogen) atoms. The zero-order valence-electron chi connectivity index (χ0n) is 17.2. The van der Waals surface area contributed by atoms with Crippen molar-refractivity contribution in [3.63, 3.8) is 0 Å². The van der Waals surface area contributed by atoms with Gasteiger partial charge < -0.3 is 23.5 Å². The van der Waals surface area contributed by atoms with Crippen LogP contribution in [0.5, 0.6) is 17.2 Å². The van der Waals surface area contributed by atoms with Crippen molar-refractivity contribution in [3.8, 4) is 17.2 Å². The molecule has 1 aromatic heterocycles. The summed E-state index contributed by atoms with van der Waals surface area (Å²) in [4.78, 5) is 15.0. The summed E-state index contributed by atoms with van der Waals surface area (Å²) in [6.07, 6.45) is 1.83. The Kier molecular flexibility index (Phi) is 5.93. The van der Waals surface area contributed by atoms with Crippen molar-refractivity contribution in [2.24, 2.45) is 0 Å². The number of carbonyl (C=O) groups excluding carboxylic acids is 1. The van der Waals surface area contributed by atoms with E-state index in [4.69, 9.17) is 18.6 Å². The molecule has 0 bridgehead atoms. The van der Waals surface area contributed by atoms with E-state index in [0.717, 1.165) is 24.2 Å². The van der Waals surface area contributed by atoms with E-state index in [9.17, 15) is 4.79 Å². The first kappa shape index (κ1) is 19.9. The van der Waals surface area contributed by atoms with Gasteiger partial charge in [0, 0.05) is 6.54 Å². The van der Waals surface area contributed by atoms with E-state index in [1.165, 1.54) is 0 Å². The Morgan fingerprint density at radius 3 is 2.60 bits per heavy atom. The molecule has 1 atom stereocenters. The zero-order valence-corrected chi connectivity index (χ0v) is 17.2. The summed E-state index contributed by atoms with van der Waals surface area (Å²) >= 11 is 0. The van der Waals surface area contributed by atoms with Crippen LogP contribution >= 0.6 is 0 Å². The summed E-state index contributed by atoms with van der Waals surface area (Å²) in [6.45, 7) is 0.963. The second kappa shape index (κ2) is 8.95. The summed E-state index contributed by atoms with van der Waals surface area (Å²) < 4.78 is 22.2. The lowest BCUT2D eigenvalue weighted by molar-refractivity contribution is 0.0699. The molecule has 6 heteroatoms. The smallest absolute Gasteiger partial charge is 0.290 e. The molecule has 1 fully saturated rings. The fourth-order valence-electron chi connectivity index (χ4n) is 3.80. The maximum Gasteiger partial charge on any atom is 0.290 e. The highest BCUT2D eigenvalue weighted by Crippen LogP contribution is 2.37. The topological polar surface area (TPSA) is 61.1 Å². The molecule has 0 radical (unpaired) electrons. The number of benzene rings is 2. The van der Waals surface area contributed by atoms with Crippen LogP contribution in [0.4, 0.5) is 0 Å². The maximum atomic E-state index is 13.1. The highest BCUT2D eigenvalue weighted by Gasteiger charge is 2.32. The molecule has 0 spiro atoms. The second-order valence-corrected chi connectivity index (χ2v) is 7.14. The van der Waals surface area contributed by atoms with Gasteiger partial charge in [0.15, 0.2) is 17.3 Å². The van der Waals surface area contributed by atoms with Crippen LogP contribution in [0.15, 0.2) is 65.1 Å². The molecule has 0 N–H and O–H groups in total. The van der Waals surface area contributed by atoms with E-state index in [1.807, 2.05) is 53.4 Å². The molecule has 156 valence electrons. The van der Waals surface area contributed by atoms with Gasteiger partial charge in [-0.25, -0.2) is 0 Å². The third-order valence-electron chi connectivity index (χ3n) is 5.30. The quantitative estimate of drug-likeness (QED) is 0.560. The Labute approximate surface area is 176 Å². The van der Waals surface area contributed by atoms with E-state index in [-0.39, 0.29) is 18.6 Å². The first-order chi connectivity index (χ1) is 14.7. The van der Waals surface area contributed by atoms with Crippen molar-refractivity contribution < 1.29 is 23.4 Å². The van der Waals surface area contributed by atoms with Crippen molar-refractivity contribution in [3.05, 3.63) is 77.7 Å². The first-order valence-corrected chi connectivity index (χ1v) is 9.99. The van der Waals surface area contributed by atoms with E-state index < -0.39 is 0 Å². The van der Waals surface area contributed by atoms with Gasteiger partial charge in [-0.3, -0.25) is 4.79 Å². The maximum absolute atomic E-state index is 13.1. The molecular formula is C24H25NO5. The number of para-hydroxylation sites is 1. The van der Waals surface area contributed by atoms with E-state index in [0.29, 0.717) is 29.6 Å². The van der Waals surface area contributed by atoms with Crippen molar-refractivity contribution in [1.29, 1.82) is 0 Å². The van der Waals surface area contributed by atoms with E-state index in [2.05, 4.69) is 0 Å². The van der Waals surface area contributed by atoms with Gasteiger partial charge in [0.25, 0.3) is 5.91 Å². The third-order valence-corrected chi connectivity index (χ3v) is 5.30. The number of hydrogen-bond acceptors (Lipinski definition) is 5. The van der Waals surface area contributed by atoms with Crippen molar-refractivity contribution in [2.45, 2.75) is 25.5 Å². The monoisotopic (exact) mass is 407 g/mol. The minimum Gasteiger partial charge on any atom is -0.493 e. The van der Waals surface area contributed by atoms with Crippen LogP contribution in [0.1, 0.15) is 40.8 Å². The van der Waals surface area contributed by atoms with Gasteiger partial charge in [0.2, 0.25) is 0 Å². The van der Waals surface area contributed by atoms with Crippen LogP contribution in [-0.4, -0.2) is 31.6 Å². The summed E-state index contributed by atoms with van der Waals surface area (Å²) in [6, 6.07) is 18.8. The molecular weight excluding hydrogens is 382 g/mol. The molecule has 1 amide bonds. The van der Waals surface area contributed by atoms with Crippen LogP contribution < -0.4 is 14.2 Å². The molecule has 0 aliphatic carbocycles. The van der Waals surface area contributed by atoms with Crippen LogP contribution in [-0.2, 0) is 6.61 Å². The summed E-state index contributed by atoms with van der Waals surface area (Å²) in [5.41, 5.74) is 1.03. The largest absolute Gasteiger partial charge is 0.493 e. The Morgan fingerprint density at radius 1 is 1.03 bits per heavy atom. The van der Waals surface area contributed by atoms with E-state index in [1.54, 1.807) is 26.4 Å². The lowest BCUT2D eigenvalue weighted by atomic mass is 10.0. The Balaban J connectivity index is 1.47. The average molecular weight is 407 g/mol. The highest BCUT2D eigenvalue weighted by atomic mass is 16.5. The van der Waals surface area contributed by atoms with Crippen molar-refractivity contribution in [2.75, 3.05) is 20.8 Å². The predicted octanol–water partition coefficient (Wildman–Crippen LogP) is 4.85.